The quantitative estimate of drug-likeness (QED) is 0.551. The van der Waals surface area contributed by atoms with Gasteiger partial charge >= 0.3 is 12.1 Å². The zero-order valence-corrected chi connectivity index (χ0v) is 23.8. The molecule has 0 radical (unpaired) electrons. The Morgan fingerprint density at radius 2 is 1.74 bits per heavy atom. The number of hydrogen-bond donors (Lipinski definition) is 1. The molecule has 0 unspecified atom stereocenters. The first-order valence-electron chi connectivity index (χ1n) is 13.8. The number of urea groups is 1. The van der Waals surface area contributed by atoms with Gasteiger partial charge in [-0.1, -0.05) is 18.2 Å². The molecule has 1 N–H and O–H groups in total. The summed E-state index contributed by atoms with van der Waals surface area (Å²) >= 11 is 0. The zero-order chi connectivity index (χ0) is 28.2. The van der Waals surface area contributed by atoms with Gasteiger partial charge in [0.1, 0.15) is 11.4 Å². The highest BCUT2D eigenvalue weighted by Crippen LogP contribution is 2.22. The van der Waals surface area contributed by atoms with Gasteiger partial charge in [0.25, 0.3) is 0 Å². The lowest BCUT2D eigenvalue weighted by Crippen LogP contribution is -2.54. The molecule has 2 aliphatic heterocycles. The zero-order valence-electron chi connectivity index (χ0n) is 23.8. The van der Waals surface area contributed by atoms with E-state index in [-0.39, 0.29) is 30.0 Å². The third-order valence-corrected chi connectivity index (χ3v) is 7.32. The summed E-state index contributed by atoms with van der Waals surface area (Å²) in [6.07, 6.45) is 1.38. The van der Waals surface area contributed by atoms with Crippen LogP contribution < -0.4 is 10.2 Å². The Bertz CT molecular complexity index is 1130. The van der Waals surface area contributed by atoms with Gasteiger partial charge in [-0.15, -0.1) is 0 Å². The summed E-state index contributed by atoms with van der Waals surface area (Å²) in [5, 5.41) is 3.38. The van der Waals surface area contributed by atoms with Crippen molar-refractivity contribution in [2.24, 2.45) is 0 Å². The molecule has 39 heavy (non-hydrogen) atoms. The van der Waals surface area contributed by atoms with Gasteiger partial charge in [-0.25, -0.2) is 14.0 Å². The lowest BCUT2D eigenvalue weighted by Gasteiger charge is -2.40. The number of piperidine rings is 1. The summed E-state index contributed by atoms with van der Waals surface area (Å²) in [5.74, 6) is -0.254. The van der Waals surface area contributed by atoms with Crippen LogP contribution in [0.2, 0.25) is 0 Å². The van der Waals surface area contributed by atoms with Crippen LogP contribution in [0.25, 0.3) is 0 Å². The second-order valence-electron chi connectivity index (χ2n) is 11.7. The summed E-state index contributed by atoms with van der Waals surface area (Å²) in [6, 6.07) is 14.9. The average molecular weight is 540 g/mol. The number of carbonyl (C=O) groups is 2. The van der Waals surface area contributed by atoms with Crippen molar-refractivity contribution in [3.63, 3.8) is 0 Å². The number of benzene rings is 2. The van der Waals surface area contributed by atoms with Gasteiger partial charge in [-0.05, 0) is 76.4 Å². The van der Waals surface area contributed by atoms with E-state index in [1.807, 2.05) is 55.8 Å². The number of carbonyl (C=O) groups excluding carboxylic acids is 2. The second-order valence-corrected chi connectivity index (χ2v) is 11.7. The fraction of sp³-hybridized carbons (Fsp3) is 0.533. The van der Waals surface area contributed by atoms with E-state index in [2.05, 4.69) is 29.3 Å². The van der Waals surface area contributed by atoms with Crippen LogP contribution in [0, 0.1) is 5.82 Å². The molecule has 3 amide bonds. The third-order valence-electron chi connectivity index (χ3n) is 7.32. The van der Waals surface area contributed by atoms with Crippen molar-refractivity contribution >= 4 is 23.5 Å². The number of piperazine rings is 1. The Kier molecular flexibility index (Phi) is 9.00. The number of likely N-dealkylation sites (tertiary alicyclic amines) is 1. The molecule has 2 aromatic rings. The van der Waals surface area contributed by atoms with Gasteiger partial charge in [0.2, 0.25) is 0 Å². The minimum absolute atomic E-state index is 0.0148. The Balaban J connectivity index is 1.24. The summed E-state index contributed by atoms with van der Waals surface area (Å²) in [6.45, 7) is 12.0. The number of ether oxygens (including phenoxy) is 1. The first kappa shape index (κ1) is 28.7. The SMILES string of the molecule is C[C@@H]1CN(Cc2ccc(N(C)C(=O)N3CCC(Nc4cccc(F)c4)CC3)cc2)CCN1C(=O)OC(C)(C)C. The topological polar surface area (TPSA) is 68.4 Å². The molecule has 1 atom stereocenters. The van der Waals surface area contributed by atoms with Crippen molar-refractivity contribution in [3.8, 4) is 0 Å². The van der Waals surface area contributed by atoms with Crippen molar-refractivity contribution < 1.29 is 18.7 Å². The maximum atomic E-state index is 13.5. The van der Waals surface area contributed by atoms with Gasteiger partial charge in [0.15, 0.2) is 0 Å². The van der Waals surface area contributed by atoms with Gasteiger partial charge < -0.3 is 19.9 Å². The highest BCUT2D eigenvalue weighted by Gasteiger charge is 2.31. The van der Waals surface area contributed by atoms with Gasteiger partial charge in [0.05, 0.1) is 0 Å². The maximum Gasteiger partial charge on any atom is 0.410 e. The monoisotopic (exact) mass is 539 g/mol. The van der Waals surface area contributed by atoms with E-state index < -0.39 is 5.60 Å². The molecule has 9 heteroatoms. The van der Waals surface area contributed by atoms with Crippen LogP contribution in [-0.4, -0.2) is 84.3 Å². The molecule has 0 spiro atoms. The highest BCUT2D eigenvalue weighted by molar-refractivity contribution is 5.91. The van der Waals surface area contributed by atoms with Crippen LogP contribution in [0.15, 0.2) is 48.5 Å². The van der Waals surface area contributed by atoms with Crippen LogP contribution >= 0.6 is 0 Å². The predicted molar refractivity (Wildman–Crippen MR) is 153 cm³/mol. The lowest BCUT2D eigenvalue weighted by molar-refractivity contribution is 0.000555. The molecule has 0 bridgehead atoms. The lowest BCUT2D eigenvalue weighted by atomic mass is 10.0. The maximum absolute atomic E-state index is 13.5. The van der Waals surface area contributed by atoms with E-state index in [9.17, 15) is 14.0 Å². The molecular formula is C30H42FN5O3. The first-order valence-corrected chi connectivity index (χ1v) is 13.8. The number of anilines is 2. The Hall–Kier alpha value is -3.33. The molecule has 0 saturated carbocycles. The van der Waals surface area contributed by atoms with Gasteiger partial charge in [-0.2, -0.15) is 0 Å². The molecule has 4 rings (SSSR count). The Morgan fingerprint density at radius 3 is 2.36 bits per heavy atom. The number of hydrogen-bond acceptors (Lipinski definition) is 5. The third kappa shape index (κ3) is 7.85. The van der Waals surface area contributed by atoms with Crippen LogP contribution in [0.3, 0.4) is 0 Å². The number of amides is 3. The molecule has 2 aromatic carbocycles. The summed E-state index contributed by atoms with van der Waals surface area (Å²) < 4.78 is 19.0. The molecule has 2 aliphatic rings. The van der Waals surface area contributed by atoms with E-state index in [0.29, 0.717) is 19.6 Å². The average Bonchev–Trinajstić information content (AvgIpc) is 2.88. The van der Waals surface area contributed by atoms with Crippen LogP contribution in [0.1, 0.15) is 46.1 Å². The van der Waals surface area contributed by atoms with Gasteiger partial charge in [0, 0.05) is 69.8 Å². The van der Waals surface area contributed by atoms with Crippen LogP contribution in [0.4, 0.5) is 25.4 Å². The normalized spacial score (nSPS) is 19.1. The number of nitrogens with zero attached hydrogens (tertiary/aromatic N) is 4. The minimum Gasteiger partial charge on any atom is -0.444 e. The standard InChI is InChI=1S/C30H42FN5O3/c1-22-20-34(17-18-36(22)29(38)39-30(2,3)4)21-23-9-11-27(12-10-23)33(5)28(37)35-15-13-25(14-16-35)32-26-8-6-7-24(31)19-26/h6-12,19,22,25,32H,13-18,20-21H2,1-5H3/t22-/m1/s1. The molecule has 2 heterocycles. The first-order chi connectivity index (χ1) is 18.5. The molecule has 8 nitrogen and oxygen atoms in total. The summed E-state index contributed by atoms with van der Waals surface area (Å²) in [5.41, 5.74) is 2.30. The van der Waals surface area contributed by atoms with Crippen molar-refractivity contribution in [2.75, 3.05) is 50.0 Å². The van der Waals surface area contributed by atoms with Crippen LogP contribution in [-0.2, 0) is 11.3 Å². The highest BCUT2D eigenvalue weighted by atomic mass is 19.1. The van der Waals surface area contributed by atoms with Crippen molar-refractivity contribution in [2.45, 2.75) is 64.8 Å². The summed E-state index contributed by atoms with van der Waals surface area (Å²) in [4.78, 5) is 33.4. The summed E-state index contributed by atoms with van der Waals surface area (Å²) in [7, 11) is 1.81. The van der Waals surface area contributed by atoms with Gasteiger partial charge in [-0.3, -0.25) is 9.80 Å². The fourth-order valence-electron chi connectivity index (χ4n) is 5.20. The van der Waals surface area contributed by atoms with E-state index in [1.165, 1.54) is 17.7 Å². The fourth-order valence-corrected chi connectivity index (χ4v) is 5.20. The smallest absolute Gasteiger partial charge is 0.410 e. The van der Waals surface area contributed by atoms with Crippen LogP contribution in [0.5, 0.6) is 0 Å². The largest absolute Gasteiger partial charge is 0.444 e. The number of rotatable bonds is 5. The van der Waals surface area contributed by atoms with Crippen molar-refractivity contribution in [1.29, 1.82) is 0 Å². The molecular weight excluding hydrogens is 497 g/mol. The number of halogens is 1. The number of nitrogens with one attached hydrogen (secondary N) is 1. The Labute approximate surface area is 231 Å². The predicted octanol–water partition coefficient (Wildman–Crippen LogP) is 5.40. The van der Waals surface area contributed by atoms with Crippen molar-refractivity contribution in [3.05, 3.63) is 59.9 Å². The molecule has 0 aromatic heterocycles. The Morgan fingerprint density at radius 1 is 1.05 bits per heavy atom. The van der Waals surface area contributed by atoms with E-state index in [1.54, 1.807) is 11.0 Å². The van der Waals surface area contributed by atoms with Crippen molar-refractivity contribution in [1.82, 2.24) is 14.7 Å². The molecule has 0 aliphatic carbocycles. The van der Waals surface area contributed by atoms with E-state index in [4.69, 9.17) is 4.74 Å². The van der Waals surface area contributed by atoms with E-state index in [0.717, 1.165) is 43.9 Å². The van der Waals surface area contributed by atoms with E-state index >= 15 is 0 Å². The molecule has 2 fully saturated rings. The second kappa shape index (κ2) is 12.2. The molecule has 212 valence electrons. The molecule has 2 saturated heterocycles. The minimum atomic E-state index is -0.498.